The van der Waals surface area contributed by atoms with Crippen molar-refractivity contribution in [3.63, 3.8) is 0 Å². The number of hydrogen-bond acceptors (Lipinski definition) is 5. The van der Waals surface area contributed by atoms with Gasteiger partial charge < -0.3 is 15.1 Å². The first-order valence-electron chi connectivity index (χ1n) is 9.57. The van der Waals surface area contributed by atoms with Crippen LogP contribution in [0.5, 0.6) is 0 Å². The monoisotopic (exact) mass is 345 g/mol. The third-order valence-electron chi connectivity index (χ3n) is 5.45. The third kappa shape index (κ3) is 5.16. The number of nitrogens with one attached hydrogen (secondary N) is 1. The van der Waals surface area contributed by atoms with Crippen LogP contribution in [0.25, 0.3) is 0 Å². The molecule has 0 saturated carbocycles. The van der Waals surface area contributed by atoms with Gasteiger partial charge in [0.15, 0.2) is 0 Å². The zero-order chi connectivity index (χ0) is 17.5. The van der Waals surface area contributed by atoms with E-state index in [0.29, 0.717) is 12.3 Å². The first-order chi connectivity index (χ1) is 12.3. The summed E-state index contributed by atoms with van der Waals surface area (Å²) in [5.74, 6) is 2.12. The molecule has 1 amide bonds. The number of carbonyl (C=O) groups excluding carboxylic acids is 1. The van der Waals surface area contributed by atoms with Crippen molar-refractivity contribution in [2.45, 2.75) is 19.3 Å². The Morgan fingerprint density at radius 2 is 1.92 bits per heavy atom. The van der Waals surface area contributed by atoms with Gasteiger partial charge in [0.2, 0.25) is 5.91 Å². The maximum atomic E-state index is 12.5. The van der Waals surface area contributed by atoms with Gasteiger partial charge in [0, 0.05) is 58.4 Å². The number of pyridine rings is 1. The molecule has 1 aromatic rings. The van der Waals surface area contributed by atoms with Crippen molar-refractivity contribution in [3.05, 3.63) is 24.4 Å². The van der Waals surface area contributed by atoms with Crippen molar-refractivity contribution in [1.29, 1.82) is 0 Å². The van der Waals surface area contributed by atoms with E-state index < -0.39 is 0 Å². The van der Waals surface area contributed by atoms with Gasteiger partial charge in [0.1, 0.15) is 5.82 Å². The second kappa shape index (κ2) is 9.15. The third-order valence-corrected chi connectivity index (χ3v) is 5.45. The summed E-state index contributed by atoms with van der Waals surface area (Å²) in [5.41, 5.74) is 0. The lowest BCUT2D eigenvalue weighted by Crippen LogP contribution is -2.48. The van der Waals surface area contributed by atoms with Crippen molar-refractivity contribution in [2.24, 2.45) is 5.92 Å². The van der Waals surface area contributed by atoms with E-state index in [1.807, 2.05) is 25.4 Å². The van der Waals surface area contributed by atoms with E-state index in [0.717, 1.165) is 76.9 Å². The molecule has 0 atom stereocenters. The molecule has 0 spiro atoms. The summed E-state index contributed by atoms with van der Waals surface area (Å²) in [7, 11) is 2.01. The minimum atomic E-state index is 0.329. The molecular weight excluding hydrogens is 314 g/mol. The van der Waals surface area contributed by atoms with Crippen LogP contribution in [-0.2, 0) is 4.79 Å². The zero-order valence-corrected chi connectivity index (χ0v) is 15.4. The van der Waals surface area contributed by atoms with Gasteiger partial charge in [-0.15, -0.1) is 0 Å². The highest BCUT2D eigenvalue weighted by Crippen LogP contribution is 2.17. The van der Waals surface area contributed by atoms with Gasteiger partial charge in [-0.25, -0.2) is 4.98 Å². The Kier molecular flexibility index (Phi) is 6.64. The maximum absolute atomic E-state index is 12.5. The van der Waals surface area contributed by atoms with Crippen molar-refractivity contribution in [3.8, 4) is 0 Å². The second-order valence-electron chi connectivity index (χ2n) is 7.15. The first-order valence-corrected chi connectivity index (χ1v) is 9.57. The molecule has 3 rings (SSSR count). The fraction of sp³-hybridized carbons (Fsp3) is 0.684. The van der Waals surface area contributed by atoms with E-state index in [-0.39, 0.29) is 0 Å². The molecule has 0 unspecified atom stereocenters. The van der Waals surface area contributed by atoms with Gasteiger partial charge in [0.25, 0.3) is 0 Å². The Labute approximate surface area is 151 Å². The van der Waals surface area contributed by atoms with Gasteiger partial charge in [-0.2, -0.15) is 0 Å². The molecule has 1 N–H and O–H groups in total. The minimum Gasteiger partial charge on any atom is -0.354 e. The van der Waals surface area contributed by atoms with Gasteiger partial charge in [0.05, 0.1) is 0 Å². The van der Waals surface area contributed by atoms with E-state index in [1.165, 1.54) is 0 Å². The Morgan fingerprint density at radius 1 is 1.16 bits per heavy atom. The number of aromatic nitrogens is 1. The highest BCUT2D eigenvalue weighted by Gasteiger charge is 2.23. The summed E-state index contributed by atoms with van der Waals surface area (Å²) < 4.78 is 0. The molecule has 2 saturated heterocycles. The molecule has 25 heavy (non-hydrogen) atoms. The van der Waals surface area contributed by atoms with Crippen LogP contribution in [0, 0.1) is 5.92 Å². The van der Waals surface area contributed by atoms with Crippen LogP contribution in [0.1, 0.15) is 19.3 Å². The molecule has 138 valence electrons. The predicted molar refractivity (Wildman–Crippen MR) is 101 cm³/mol. The van der Waals surface area contributed by atoms with Crippen LogP contribution < -0.4 is 10.2 Å². The Bertz CT molecular complexity index is 522. The number of amides is 1. The van der Waals surface area contributed by atoms with Crippen molar-refractivity contribution < 1.29 is 4.79 Å². The summed E-state index contributed by atoms with van der Waals surface area (Å²) in [6.07, 6.45) is 4.77. The number of carbonyl (C=O) groups is 1. The molecule has 3 heterocycles. The normalized spacial score (nSPS) is 20.0. The van der Waals surface area contributed by atoms with E-state index in [2.05, 4.69) is 31.1 Å². The van der Waals surface area contributed by atoms with Gasteiger partial charge in [-0.05, 0) is 44.5 Å². The number of piperazine rings is 1. The van der Waals surface area contributed by atoms with E-state index >= 15 is 0 Å². The minimum absolute atomic E-state index is 0.329. The van der Waals surface area contributed by atoms with Crippen LogP contribution in [0.3, 0.4) is 0 Å². The highest BCUT2D eigenvalue weighted by molar-refractivity contribution is 5.76. The summed E-state index contributed by atoms with van der Waals surface area (Å²) in [6, 6.07) is 6.05. The molecule has 2 fully saturated rings. The van der Waals surface area contributed by atoms with Crippen LogP contribution in [0.4, 0.5) is 5.82 Å². The van der Waals surface area contributed by atoms with E-state index in [1.54, 1.807) is 0 Å². The SMILES string of the molecule is CNCC1CCN(C(=O)CCN2CCN(c3ccccn3)CC2)CC1. The average Bonchev–Trinajstić information content (AvgIpc) is 2.68. The molecule has 0 radical (unpaired) electrons. The number of hydrogen-bond donors (Lipinski definition) is 1. The van der Waals surface area contributed by atoms with Crippen molar-refractivity contribution >= 4 is 11.7 Å². The number of nitrogens with zero attached hydrogens (tertiary/aromatic N) is 4. The summed E-state index contributed by atoms with van der Waals surface area (Å²) >= 11 is 0. The lowest BCUT2D eigenvalue weighted by molar-refractivity contribution is -0.132. The fourth-order valence-corrected chi connectivity index (χ4v) is 3.83. The molecule has 1 aromatic heterocycles. The fourth-order valence-electron chi connectivity index (χ4n) is 3.83. The molecule has 6 nitrogen and oxygen atoms in total. The van der Waals surface area contributed by atoms with Gasteiger partial charge in [-0.3, -0.25) is 9.69 Å². The van der Waals surface area contributed by atoms with Crippen molar-refractivity contribution in [1.82, 2.24) is 20.1 Å². The number of likely N-dealkylation sites (tertiary alicyclic amines) is 1. The summed E-state index contributed by atoms with van der Waals surface area (Å²) in [6.45, 7) is 7.80. The van der Waals surface area contributed by atoms with Gasteiger partial charge in [-0.1, -0.05) is 6.07 Å². The highest BCUT2D eigenvalue weighted by atomic mass is 16.2. The standard InChI is InChI=1S/C19H31N5O/c1-20-16-17-5-10-24(11-6-17)19(25)7-9-22-12-14-23(15-13-22)18-4-2-3-8-21-18/h2-4,8,17,20H,5-7,9-16H2,1H3. The summed E-state index contributed by atoms with van der Waals surface area (Å²) in [5, 5.41) is 3.25. The summed E-state index contributed by atoms with van der Waals surface area (Å²) in [4.78, 5) is 23.7. The number of anilines is 1. The topological polar surface area (TPSA) is 51.7 Å². The molecular formula is C19H31N5O. The van der Waals surface area contributed by atoms with Crippen LogP contribution >= 0.6 is 0 Å². The zero-order valence-electron chi connectivity index (χ0n) is 15.4. The van der Waals surface area contributed by atoms with Crippen LogP contribution in [-0.4, -0.2) is 80.1 Å². The Hall–Kier alpha value is -1.66. The lowest BCUT2D eigenvalue weighted by atomic mass is 9.96. The second-order valence-corrected chi connectivity index (χ2v) is 7.15. The van der Waals surface area contributed by atoms with Crippen molar-refractivity contribution in [2.75, 3.05) is 64.3 Å². The largest absolute Gasteiger partial charge is 0.354 e. The van der Waals surface area contributed by atoms with Crippen LogP contribution in [0.2, 0.25) is 0 Å². The molecule has 2 aliphatic rings. The van der Waals surface area contributed by atoms with E-state index in [9.17, 15) is 4.79 Å². The first kappa shape index (κ1) is 18.1. The molecule has 6 heteroatoms. The average molecular weight is 345 g/mol. The number of piperidine rings is 1. The molecule has 2 aliphatic heterocycles. The molecule has 0 bridgehead atoms. The smallest absolute Gasteiger partial charge is 0.223 e. The Morgan fingerprint density at radius 3 is 2.56 bits per heavy atom. The molecule has 0 aromatic carbocycles. The quantitative estimate of drug-likeness (QED) is 0.835. The van der Waals surface area contributed by atoms with Crippen LogP contribution in [0.15, 0.2) is 24.4 Å². The Balaban J connectivity index is 1.35. The molecule has 0 aliphatic carbocycles. The lowest BCUT2D eigenvalue weighted by Gasteiger charge is -2.36. The van der Waals surface area contributed by atoms with E-state index in [4.69, 9.17) is 0 Å². The van der Waals surface area contributed by atoms with Gasteiger partial charge >= 0.3 is 0 Å². The maximum Gasteiger partial charge on any atom is 0.223 e. The predicted octanol–water partition coefficient (Wildman–Crippen LogP) is 1.05. The number of rotatable bonds is 6.